The summed E-state index contributed by atoms with van der Waals surface area (Å²) in [5.74, 6) is -0.491. The minimum atomic E-state index is -0.752. The lowest BCUT2D eigenvalue weighted by molar-refractivity contribution is -0.394. The minimum Gasteiger partial charge on any atom is -0.335 e. The van der Waals surface area contributed by atoms with E-state index in [2.05, 4.69) is 6.58 Å². The maximum Gasteiger partial charge on any atom is 0.279 e. The highest BCUT2D eigenvalue weighted by Crippen LogP contribution is 2.28. The van der Waals surface area contributed by atoms with Gasteiger partial charge in [-0.3, -0.25) is 25.0 Å². The molecule has 8 nitrogen and oxygen atoms in total. The summed E-state index contributed by atoms with van der Waals surface area (Å²) in [5.41, 5.74) is -0.103. The molecule has 1 aromatic rings. The Hall–Kier alpha value is -2.77. The zero-order valence-electron chi connectivity index (χ0n) is 12.7. The molecule has 0 aliphatic carbocycles. The fraction of sp³-hybridized carbons (Fsp3) is 0.357. The smallest absolute Gasteiger partial charge is 0.279 e. The van der Waals surface area contributed by atoms with Crippen molar-refractivity contribution in [3.8, 4) is 0 Å². The van der Waals surface area contributed by atoms with Gasteiger partial charge in [0.15, 0.2) is 0 Å². The number of non-ortho nitro benzene ring substituents is 1. The van der Waals surface area contributed by atoms with Gasteiger partial charge in [-0.2, -0.15) is 0 Å². The number of benzene rings is 1. The molecular weight excluding hydrogens is 290 g/mol. The van der Waals surface area contributed by atoms with E-state index in [1.807, 2.05) is 0 Å². The lowest BCUT2D eigenvalue weighted by Gasteiger charge is -2.21. The molecule has 0 atom stereocenters. The molecule has 0 aliphatic rings. The first-order valence-electron chi connectivity index (χ1n) is 6.56. The molecule has 1 rings (SSSR count). The summed E-state index contributed by atoms with van der Waals surface area (Å²) in [5, 5.41) is 22.0. The van der Waals surface area contributed by atoms with Crippen molar-refractivity contribution in [2.45, 2.75) is 20.8 Å². The first-order chi connectivity index (χ1) is 10.2. The predicted molar refractivity (Wildman–Crippen MR) is 80.9 cm³/mol. The molecule has 0 saturated carbocycles. The minimum absolute atomic E-state index is 0.0380. The van der Waals surface area contributed by atoms with Gasteiger partial charge >= 0.3 is 0 Å². The Labute approximate surface area is 127 Å². The van der Waals surface area contributed by atoms with Crippen molar-refractivity contribution in [3.05, 3.63) is 55.6 Å². The molecule has 0 saturated heterocycles. The molecule has 1 aromatic carbocycles. The zero-order valence-corrected chi connectivity index (χ0v) is 12.7. The van der Waals surface area contributed by atoms with Crippen LogP contribution < -0.4 is 0 Å². The van der Waals surface area contributed by atoms with Crippen LogP contribution in [-0.2, 0) is 0 Å². The van der Waals surface area contributed by atoms with Crippen LogP contribution in [0.2, 0.25) is 0 Å². The average molecular weight is 307 g/mol. The van der Waals surface area contributed by atoms with Gasteiger partial charge in [0.05, 0.1) is 21.5 Å². The van der Waals surface area contributed by atoms with E-state index in [4.69, 9.17) is 0 Å². The van der Waals surface area contributed by atoms with Gasteiger partial charge in [-0.15, -0.1) is 0 Å². The Balaban J connectivity index is 3.44. The molecule has 0 heterocycles. The van der Waals surface area contributed by atoms with Crippen LogP contribution in [0.15, 0.2) is 24.3 Å². The third-order valence-corrected chi connectivity index (χ3v) is 3.13. The van der Waals surface area contributed by atoms with Crippen LogP contribution in [0.1, 0.15) is 29.8 Å². The molecule has 0 bridgehead atoms. The summed E-state index contributed by atoms with van der Waals surface area (Å²) in [6.45, 7) is 9.28. The van der Waals surface area contributed by atoms with Crippen molar-refractivity contribution < 1.29 is 14.6 Å². The van der Waals surface area contributed by atoms with Gasteiger partial charge in [0, 0.05) is 24.7 Å². The van der Waals surface area contributed by atoms with Gasteiger partial charge in [-0.05, 0) is 20.8 Å². The first kappa shape index (κ1) is 17.3. The summed E-state index contributed by atoms with van der Waals surface area (Å²) in [7, 11) is 0. The van der Waals surface area contributed by atoms with Crippen LogP contribution in [0.5, 0.6) is 0 Å². The number of carbonyl (C=O) groups is 1. The summed E-state index contributed by atoms with van der Waals surface area (Å²) in [6.07, 6.45) is 0. The fourth-order valence-electron chi connectivity index (χ4n) is 2.02. The molecule has 0 spiro atoms. The third kappa shape index (κ3) is 3.66. The maximum absolute atomic E-state index is 12.5. The van der Waals surface area contributed by atoms with Crippen LogP contribution in [0.25, 0.3) is 0 Å². The van der Waals surface area contributed by atoms with Gasteiger partial charge in [0.25, 0.3) is 17.3 Å². The molecule has 0 aromatic heterocycles. The van der Waals surface area contributed by atoms with E-state index in [0.717, 1.165) is 17.7 Å². The number of carbonyl (C=O) groups excluding carboxylic acids is 1. The highest BCUT2D eigenvalue weighted by Gasteiger charge is 2.26. The molecule has 0 fully saturated rings. The predicted octanol–water partition coefficient (Wildman–Crippen LogP) is 2.85. The van der Waals surface area contributed by atoms with E-state index in [1.165, 1.54) is 11.8 Å². The molecular formula is C14H17N3O5. The number of nitrogens with zero attached hydrogens (tertiary/aromatic N) is 3. The van der Waals surface area contributed by atoms with E-state index >= 15 is 0 Å². The van der Waals surface area contributed by atoms with Crippen molar-refractivity contribution in [2.75, 3.05) is 13.1 Å². The monoisotopic (exact) mass is 307 g/mol. The van der Waals surface area contributed by atoms with Crippen molar-refractivity contribution in [2.24, 2.45) is 0 Å². The number of likely N-dealkylation sites (N-methyl/N-ethyl adjacent to an activating group) is 1. The van der Waals surface area contributed by atoms with Crippen molar-refractivity contribution in [3.63, 3.8) is 0 Å². The first-order valence-corrected chi connectivity index (χ1v) is 6.56. The lowest BCUT2D eigenvalue weighted by Crippen LogP contribution is -2.32. The summed E-state index contributed by atoms with van der Waals surface area (Å²) >= 11 is 0. The second-order valence-corrected chi connectivity index (χ2v) is 4.93. The molecule has 22 heavy (non-hydrogen) atoms. The van der Waals surface area contributed by atoms with Gasteiger partial charge in [0.2, 0.25) is 0 Å². The largest absolute Gasteiger partial charge is 0.335 e. The van der Waals surface area contributed by atoms with Crippen LogP contribution in [0.4, 0.5) is 11.4 Å². The summed E-state index contributed by atoms with van der Waals surface area (Å²) in [4.78, 5) is 34.4. The molecule has 0 N–H and O–H groups in total. The topological polar surface area (TPSA) is 107 Å². The summed E-state index contributed by atoms with van der Waals surface area (Å²) in [6, 6.07) is 1.94. The number of rotatable bonds is 6. The summed E-state index contributed by atoms with van der Waals surface area (Å²) < 4.78 is 0. The molecule has 0 aliphatic heterocycles. The van der Waals surface area contributed by atoms with Crippen molar-refractivity contribution >= 4 is 17.3 Å². The third-order valence-electron chi connectivity index (χ3n) is 3.13. The number of hydrogen-bond donors (Lipinski definition) is 0. The van der Waals surface area contributed by atoms with Crippen LogP contribution in [0, 0.1) is 27.2 Å². The van der Waals surface area contributed by atoms with Crippen LogP contribution in [-0.4, -0.2) is 33.7 Å². The number of nitro benzene ring substituents is 2. The second-order valence-electron chi connectivity index (χ2n) is 4.93. The molecule has 0 radical (unpaired) electrons. The quantitative estimate of drug-likeness (QED) is 0.456. The van der Waals surface area contributed by atoms with E-state index in [0.29, 0.717) is 6.54 Å². The van der Waals surface area contributed by atoms with Gasteiger partial charge in [-0.25, -0.2) is 0 Å². The lowest BCUT2D eigenvalue weighted by atomic mass is 10.0. The van der Waals surface area contributed by atoms with E-state index in [9.17, 15) is 25.0 Å². The van der Waals surface area contributed by atoms with Crippen molar-refractivity contribution in [1.29, 1.82) is 0 Å². The molecule has 8 heteroatoms. The molecule has 0 unspecified atom stereocenters. The Morgan fingerprint density at radius 2 is 1.86 bits per heavy atom. The standard InChI is InChI=1S/C14H17N3O5/c1-5-15(8-9(2)3)14(18)12-6-11(16(19)20)7-13(10(12)4)17(21)22/h6-7H,2,5,8H2,1,3-4H3. The van der Waals surface area contributed by atoms with E-state index in [-0.39, 0.29) is 17.7 Å². The molecule has 118 valence electrons. The fourth-order valence-corrected chi connectivity index (χ4v) is 2.02. The highest BCUT2D eigenvalue weighted by molar-refractivity contribution is 5.97. The van der Waals surface area contributed by atoms with Crippen LogP contribution in [0.3, 0.4) is 0 Å². The highest BCUT2D eigenvalue weighted by atomic mass is 16.6. The average Bonchev–Trinajstić information content (AvgIpc) is 2.43. The molecule has 1 amide bonds. The van der Waals surface area contributed by atoms with Crippen LogP contribution >= 0.6 is 0 Å². The van der Waals surface area contributed by atoms with Gasteiger partial charge < -0.3 is 4.90 Å². The number of amides is 1. The number of nitro groups is 2. The Kier molecular flexibility index (Phi) is 5.33. The van der Waals surface area contributed by atoms with E-state index < -0.39 is 27.1 Å². The van der Waals surface area contributed by atoms with Gasteiger partial charge in [-0.1, -0.05) is 12.2 Å². The Morgan fingerprint density at radius 1 is 1.27 bits per heavy atom. The Bertz CT molecular complexity index is 654. The zero-order chi connectivity index (χ0) is 17.0. The second kappa shape index (κ2) is 6.79. The van der Waals surface area contributed by atoms with E-state index in [1.54, 1.807) is 13.8 Å². The van der Waals surface area contributed by atoms with Gasteiger partial charge in [0.1, 0.15) is 0 Å². The maximum atomic E-state index is 12.5. The SMILES string of the molecule is C=C(C)CN(CC)C(=O)c1cc([N+](=O)[O-])cc([N+](=O)[O-])c1C. The number of hydrogen-bond acceptors (Lipinski definition) is 5. The van der Waals surface area contributed by atoms with Crippen molar-refractivity contribution in [1.82, 2.24) is 4.90 Å². The Morgan fingerprint density at radius 3 is 2.27 bits per heavy atom. The normalized spacial score (nSPS) is 10.1.